The molecule has 5 heteroatoms. The van der Waals surface area contributed by atoms with Crippen LogP contribution in [0.4, 0.5) is 0 Å². The lowest BCUT2D eigenvalue weighted by atomic mass is 9.46. The molecule has 0 aromatic heterocycles. The molecule has 2 fully saturated rings. The van der Waals surface area contributed by atoms with Gasteiger partial charge < -0.3 is 14.6 Å². The Labute approximate surface area is 148 Å². The van der Waals surface area contributed by atoms with Crippen LogP contribution in [0.2, 0.25) is 0 Å². The summed E-state index contributed by atoms with van der Waals surface area (Å²) in [7, 11) is 0. The standard InChI is InChI=1S/C20H26O5/c1-12-3-6-20-11-25-18(23)15(20)8-14(21)9-16(20)19(12,2)5-4-13-7-17(22)24-10-13/h7-8,12,14,16,21H,3-6,9-11H2,1-2H3/t12-,14+,16-,19+,20+/m0/s1. The molecule has 5 atom stereocenters. The lowest BCUT2D eigenvalue weighted by Gasteiger charge is -2.57. The third-order valence-corrected chi connectivity index (χ3v) is 7.37. The Morgan fingerprint density at radius 3 is 2.84 bits per heavy atom. The fourth-order valence-corrected chi connectivity index (χ4v) is 5.64. The van der Waals surface area contributed by atoms with Gasteiger partial charge in [-0.2, -0.15) is 0 Å². The van der Waals surface area contributed by atoms with Gasteiger partial charge in [0.25, 0.3) is 0 Å². The maximum Gasteiger partial charge on any atom is 0.334 e. The normalized spacial score (nSPS) is 42.9. The second kappa shape index (κ2) is 5.70. The summed E-state index contributed by atoms with van der Waals surface area (Å²) in [6.07, 6.45) is 7.17. The van der Waals surface area contributed by atoms with Gasteiger partial charge in [0.15, 0.2) is 0 Å². The van der Waals surface area contributed by atoms with E-state index in [4.69, 9.17) is 9.47 Å². The van der Waals surface area contributed by atoms with Gasteiger partial charge in [0, 0.05) is 17.1 Å². The molecule has 4 aliphatic rings. The first-order valence-electron chi connectivity index (χ1n) is 9.29. The Balaban J connectivity index is 1.65. The van der Waals surface area contributed by atoms with Gasteiger partial charge in [-0.15, -0.1) is 0 Å². The van der Waals surface area contributed by atoms with Crippen LogP contribution in [0.15, 0.2) is 23.3 Å². The highest BCUT2D eigenvalue weighted by molar-refractivity contribution is 5.93. The zero-order valence-electron chi connectivity index (χ0n) is 14.9. The molecular formula is C20H26O5. The molecule has 2 heterocycles. The zero-order valence-corrected chi connectivity index (χ0v) is 14.9. The van der Waals surface area contributed by atoms with E-state index in [9.17, 15) is 14.7 Å². The molecule has 5 nitrogen and oxygen atoms in total. The van der Waals surface area contributed by atoms with Crippen LogP contribution in [0.1, 0.15) is 46.0 Å². The average Bonchev–Trinajstić information content (AvgIpc) is 3.14. The summed E-state index contributed by atoms with van der Waals surface area (Å²) in [5, 5.41) is 10.4. The zero-order chi connectivity index (χ0) is 17.8. The van der Waals surface area contributed by atoms with Gasteiger partial charge in [0.05, 0.1) is 6.10 Å². The van der Waals surface area contributed by atoms with E-state index in [-0.39, 0.29) is 28.7 Å². The van der Waals surface area contributed by atoms with E-state index in [2.05, 4.69) is 13.8 Å². The first-order chi connectivity index (χ1) is 11.8. The third-order valence-electron chi connectivity index (χ3n) is 7.37. The van der Waals surface area contributed by atoms with E-state index in [1.165, 1.54) is 0 Å². The number of esters is 2. The molecular weight excluding hydrogens is 320 g/mol. The topological polar surface area (TPSA) is 72.8 Å². The number of hydrogen-bond donors (Lipinski definition) is 1. The highest BCUT2D eigenvalue weighted by Crippen LogP contribution is 2.63. The predicted octanol–water partition coefficient (Wildman–Crippen LogP) is 2.54. The predicted molar refractivity (Wildman–Crippen MR) is 90.4 cm³/mol. The molecule has 0 unspecified atom stereocenters. The molecule has 0 aromatic rings. The average molecular weight is 346 g/mol. The molecule has 2 aliphatic carbocycles. The minimum Gasteiger partial charge on any atom is -0.461 e. The molecule has 1 saturated carbocycles. The highest BCUT2D eigenvalue weighted by atomic mass is 16.5. The lowest BCUT2D eigenvalue weighted by Crippen LogP contribution is -2.53. The Morgan fingerprint density at radius 1 is 1.32 bits per heavy atom. The summed E-state index contributed by atoms with van der Waals surface area (Å²) in [6, 6.07) is 0. The van der Waals surface area contributed by atoms with Crippen LogP contribution < -0.4 is 0 Å². The molecule has 0 radical (unpaired) electrons. The molecule has 25 heavy (non-hydrogen) atoms. The summed E-state index contributed by atoms with van der Waals surface area (Å²) in [5.74, 6) is 0.201. The molecule has 136 valence electrons. The number of carbonyl (C=O) groups is 2. The summed E-state index contributed by atoms with van der Waals surface area (Å²) in [6.45, 7) is 5.41. The van der Waals surface area contributed by atoms with E-state index in [1.807, 2.05) is 0 Å². The van der Waals surface area contributed by atoms with Gasteiger partial charge in [0.1, 0.15) is 13.2 Å². The number of ether oxygens (including phenoxy) is 2. The Morgan fingerprint density at radius 2 is 2.12 bits per heavy atom. The number of hydrogen-bond acceptors (Lipinski definition) is 5. The number of aliphatic hydroxyl groups excluding tert-OH is 1. The van der Waals surface area contributed by atoms with E-state index in [0.29, 0.717) is 31.1 Å². The maximum absolute atomic E-state index is 12.2. The van der Waals surface area contributed by atoms with E-state index < -0.39 is 6.10 Å². The van der Waals surface area contributed by atoms with Crippen molar-refractivity contribution in [2.24, 2.45) is 22.7 Å². The molecule has 0 aromatic carbocycles. The monoisotopic (exact) mass is 346 g/mol. The van der Waals surface area contributed by atoms with Gasteiger partial charge in [-0.1, -0.05) is 13.8 Å². The fraction of sp³-hybridized carbons (Fsp3) is 0.700. The molecule has 2 aliphatic heterocycles. The largest absolute Gasteiger partial charge is 0.461 e. The van der Waals surface area contributed by atoms with Crippen molar-refractivity contribution in [1.82, 2.24) is 0 Å². The van der Waals surface area contributed by atoms with Gasteiger partial charge in [-0.3, -0.25) is 0 Å². The van der Waals surface area contributed by atoms with Crippen LogP contribution in [0.3, 0.4) is 0 Å². The quantitative estimate of drug-likeness (QED) is 0.795. The van der Waals surface area contributed by atoms with E-state index in [1.54, 1.807) is 12.2 Å². The Bertz CT molecular complexity index is 678. The van der Waals surface area contributed by atoms with Crippen molar-refractivity contribution in [2.75, 3.05) is 13.2 Å². The van der Waals surface area contributed by atoms with Crippen molar-refractivity contribution in [3.8, 4) is 0 Å². The second-order valence-electron chi connectivity index (χ2n) is 8.52. The van der Waals surface area contributed by atoms with Gasteiger partial charge in [-0.05, 0) is 61.0 Å². The Hall–Kier alpha value is -1.62. The highest BCUT2D eigenvalue weighted by Gasteiger charge is 2.61. The maximum atomic E-state index is 12.2. The minimum absolute atomic E-state index is 0.0147. The molecule has 0 bridgehead atoms. The molecule has 1 N–H and O–H groups in total. The van der Waals surface area contributed by atoms with Crippen LogP contribution >= 0.6 is 0 Å². The van der Waals surface area contributed by atoms with Crippen molar-refractivity contribution >= 4 is 11.9 Å². The number of carbonyl (C=O) groups excluding carboxylic acids is 2. The van der Waals surface area contributed by atoms with Crippen LogP contribution in [-0.4, -0.2) is 36.4 Å². The van der Waals surface area contributed by atoms with E-state index >= 15 is 0 Å². The first-order valence-corrected chi connectivity index (χ1v) is 9.29. The SMILES string of the molecule is C[C@H]1CC[C@@]23COC(=O)C2=C[C@@H](O)C[C@H]3[C@]1(C)CCC1=CC(=O)OC1. The number of aliphatic hydroxyl groups is 1. The number of cyclic esters (lactones) is 2. The first kappa shape index (κ1) is 16.8. The molecule has 4 rings (SSSR count). The second-order valence-corrected chi connectivity index (χ2v) is 8.52. The summed E-state index contributed by atoms with van der Waals surface area (Å²) in [4.78, 5) is 23.5. The van der Waals surface area contributed by atoms with Crippen LogP contribution in [-0.2, 0) is 19.1 Å². The summed E-state index contributed by atoms with van der Waals surface area (Å²) < 4.78 is 10.5. The van der Waals surface area contributed by atoms with Crippen LogP contribution in [0.25, 0.3) is 0 Å². The van der Waals surface area contributed by atoms with Crippen molar-refractivity contribution in [3.05, 3.63) is 23.3 Å². The summed E-state index contributed by atoms with van der Waals surface area (Å²) >= 11 is 0. The van der Waals surface area contributed by atoms with Gasteiger partial charge in [0.2, 0.25) is 0 Å². The molecule has 1 spiro atoms. The van der Waals surface area contributed by atoms with Crippen LogP contribution in [0.5, 0.6) is 0 Å². The van der Waals surface area contributed by atoms with Crippen molar-refractivity contribution < 1.29 is 24.2 Å². The van der Waals surface area contributed by atoms with Crippen molar-refractivity contribution in [2.45, 2.75) is 52.1 Å². The fourth-order valence-electron chi connectivity index (χ4n) is 5.64. The number of rotatable bonds is 3. The minimum atomic E-state index is -0.584. The Kier molecular flexibility index (Phi) is 3.83. The summed E-state index contributed by atoms with van der Waals surface area (Å²) in [5.41, 5.74) is 1.49. The lowest BCUT2D eigenvalue weighted by molar-refractivity contribution is -0.136. The molecule has 1 saturated heterocycles. The molecule has 0 amide bonds. The van der Waals surface area contributed by atoms with E-state index in [0.717, 1.165) is 31.3 Å². The third kappa shape index (κ3) is 2.47. The van der Waals surface area contributed by atoms with Crippen molar-refractivity contribution in [3.63, 3.8) is 0 Å². The smallest absolute Gasteiger partial charge is 0.334 e. The van der Waals surface area contributed by atoms with Gasteiger partial charge in [-0.25, -0.2) is 9.59 Å². The van der Waals surface area contributed by atoms with Crippen LogP contribution in [0, 0.1) is 22.7 Å². The van der Waals surface area contributed by atoms with Gasteiger partial charge >= 0.3 is 11.9 Å². The van der Waals surface area contributed by atoms with Crippen molar-refractivity contribution in [1.29, 1.82) is 0 Å².